The summed E-state index contributed by atoms with van der Waals surface area (Å²) in [5.41, 5.74) is -1.93. The summed E-state index contributed by atoms with van der Waals surface area (Å²) in [7, 11) is 1.60. The molecule has 0 saturated heterocycles. The third-order valence-corrected chi connectivity index (χ3v) is 8.73. The smallest absolute Gasteiger partial charge is 0.421 e. The maximum Gasteiger partial charge on any atom is 0.421 e. The number of anilines is 1. The zero-order chi connectivity index (χ0) is 34.9. The number of ether oxygens (including phenoxy) is 2. The number of aromatic nitrogens is 3. The fourth-order valence-electron chi connectivity index (χ4n) is 4.83. The maximum atomic E-state index is 13.6. The Balaban J connectivity index is 1.56. The van der Waals surface area contributed by atoms with Crippen molar-refractivity contribution in [2.24, 2.45) is 0 Å². The van der Waals surface area contributed by atoms with Crippen molar-refractivity contribution in [3.05, 3.63) is 99.8 Å². The number of thiophene rings is 1. The number of methoxy groups -OCH3 is 1. The molecule has 0 bridgehead atoms. The third-order valence-electron chi connectivity index (χ3n) is 7.39. The molecule has 2 atom stereocenters. The van der Waals surface area contributed by atoms with Gasteiger partial charge in [-0.15, -0.1) is 11.3 Å². The van der Waals surface area contributed by atoms with Gasteiger partial charge in [-0.25, -0.2) is 9.78 Å². The van der Waals surface area contributed by atoms with Crippen molar-refractivity contribution < 1.29 is 32.5 Å². The van der Waals surface area contributed by atoms with E-state index in [-0.39, 0.29) is 16.3 Å². The van der Waals surface area contributed by atoms with Crippen LogP contribution in [0.25, 0.3) is 21.5 Å². The minimum atomic E-state index is -4.91. The molecule has 1 amide bonds. The number of benzene rings is 1. The van der Waals surface area contributed by atoms with Gasteiger partial charge in [-0.3, -0.25) is 9.97 Å². The molecule has 3 N–H and O–H groups in total. The summed E-state index contributed by atoms with van der Waals surface area (Å²) in [6, 6.07) is 14.1. The highest BCUT2D eigenvalue weighted by Gasteiger charge is 2.51. The summed E-state index contributed by atoms with van der Waals surface area (Å²) < 4.78 is 52.3. The lowest BCUT2D eigenvalue weighted by atomic mass is 9.95. The van der Waals surface area contributed by atoms with E-state index < -0.39 is 29.5 Å². The number of rotatable bonds is 9. The van der Waals surface area contributed by atoms with Crippen molar-refractivity contribution in [2.45, 2.75) is 57.7 Å². The largest absolute Gasteiger partial charge is 0.497 e. The quantitative estimate of drug-likeness (QED) is 0.140. The Bertz CT molecular complexity index is 1930. The number of pyridine rings is 3. The van der Waals surface area contributed by atoms with Gasteiger partial charge in [0, 0.05) is 24.3 Å². The summed E-state index contributed by atoms with van der Waals surface area (Å²) in [6.45, 7) is 6.36. The van der Waals surface area contributed by atoms with Crippen LogP contribution >= 0.6 is 22.9 Å². The monoisotopic (exact) mass is 699 g/mol. The van der Waals surface area contributed by atoms with Crippen LogP contribution in [0.2, 0.25) is 5.02 Å². The van der Waals surface area contributed by atoms with E-state index in [2.05, 4.69) is 20.6 Å². The number of hydrogen-bond donors (Lipinski definition) is 3. The number of alkyl carbamates (subject to hydrolysis) is 1. The van der Waals surface area contributed by atoms with Gasteiger partial charge in [0.2, 0.25) is 0 Å². The van der Waals surface area contributed by atoms with E-state index in [4.69, 9.17) is 26.1 Å². The topological polar surface area (TPSA) is 118 Å². The molecule has 0 aliphatic carbocycles. The van der Waals surface area contributed by atoms with Gasteiger partial charge in [0.05, 0.1) is 28.2 Å². The zero-order valence-corrected chi connectivity index (χ0v) is 28.2. The molecule has 48 heavy (non-hydrogen) atoms. The first-order chi connectivity index (χ1) is 22.6. The van der Waals surface area contributed by atoms with Gasteiger partial charge in [0.1, 0.15) is 28.9 Å². The molecule has 252 valence electrons. The lowest BCUT2D eigenvalue weighted by molar-refractivity contribution is -0.258. The Kier molecular flexibility index (Phi) is 9.86. The van der Waals surface area contributed by atoms with Crippen molar-refractivity contribution in [2.75, 3.05) is 12.4 Å². The average molecular weight is 700 g/mol. The lowest BCUT2D eigenvalue weighted by Gasteiger charge is -2.26. The molecule has 5 rings (SSSR count). The van der Waals surface area contributed by atoms with Crippen LogP contribution in [0.3, 0.4) is 0 Å². The van der Waals surface area contributed by atoms with E-state index >= 15 is 0 Å². The Labute approximate surface area is 284 Å². The minimum absolute atomic E-state index is 0.133. The molecule has 0 fully saturated rings. The second-order valence-corrected chi connectivity index (χ2v) is 13.4. The number of fused-ring (bicyclic) bond motifs is 1. The molecule has 5 aromatic rings. The Morgan fingerprint density at radius 3 is 2.40 bits per heavy atom. The number of alkyl halides is 3. The molecule has 14 heteroatoms. The van der Waals surface area contributed by atoms with Gasteiger partial charge in [-0.1, -0.05) is 23.7 Å². The standard InChI is InChI=1S/C34H33ClF3N5O4S/c1-32(2,3)47-31(44)43-27(28-24(35)10-11-26(42-28)41-17-19-6-8-21(46-5)9-7-19)23-18-48-30-22(23)13-15-40-29(30)25-16-20(12-14-39-25)33(4,45)34(36,37)38/h6-16,18,27,45H,17H2,1-5H3,(H,41,42)(H,43,44). The lowest BCUT2D eigenvalue weighted by Crippen LogP contribution is -2.39. The molecule has 0 aliphatic heterocycles. The first-order valence-electron chi connectivity index (χ1n) is 14.7. The van der Waals surface area contributed by atoms with Crippen molar-refractivity contribution in [1.29, 1.82) is 0 Å². The second-order valence-electron chi connectivity index (χ2n) is 12.1. The number of aliphatic hydroxyl groups is 1. The summed E-state index contributed by atoms with van der Waals surface area (Å²) >= 11 is 7.98. The Morgan fingerprint density at radius 2 is 1.73 bits per heavy atom. The van der Waals surface area contributed by atoms with Crippen molar-refractivity contribution in [3.63, 3.8) is 0 Å². The van der Waals surface area contributed by atoms with E-state index in [9.17, 15) is 23.1 Å². The molecule has 0 radical (unpaired) electrons. The molecule has 2 unspecified atom stereocenters. The fourth-order valence-corrected chi connectivity index (χ4v) is 6.13. The summed E-state index contributed by atoms with van der Waals surface area (Å²) in [5.74, 6) is 1.24. The van der Waals surface area contributed by atoms with E-state index in [0.717, 1.165) is 17.4 Å². The predicted octanol–water partition coefficient (Wildman–Crippen LogP) is 8.41. The molecule has 4 heterocycles. The van der Waals surface area contributed by atoms with Gasteiger partial charge in [-0.05, 0) is 92.2 Å². The first-order valence-corrected chi connectivity index (χ1v) is 16.0. The summed E-state index contributed by atoms with van der Waals surface area (Å²) in [5, 5.41) is 19.2. The van der Waals surface area contributed by atoms with Gasteiger partial charge >= 0.3 is 12.3 Å². The van der Waals surface area contributed by atoms with Crippen LogP contribution in [0.15, 0.2) is 72.4 Å². The van der Waals surface area contributed by atoms with Crippen LogP contribution in [0.4, 0.5) is 23.8 Å². The highest BCUT2D eigenvalue weighted by Crippen LogP contribution is 2.42. The number of amides is 1. The van der Waals surface area contributed by atoms with Crippen LogP contribution in [-0.2, 0) is 16.9 Å². The first kappa shape index (κ1) is 34.9. The number of carbonyl (C=O) groups excluding carboxylic acids is 1. The zero-order valence-electron chi connectivity index (χ0n) is 26.6. The molecule has 0 saturated carbocycles. The van der Waals surface area contributed by atoms with Gasteiger partial charge in [-0.2, -0.15) is 13.2 Å². The molecule has 4 aromatic heterocycles. The normalized spacial score (nSPS) is 13.9. The number of halogens is 4. The van der Waals surface area contributed by atoms with Gasteiger partial charge in [0.25, 0.3) is 0 Å². The van der Waals surface area contributed by atoms with Gasteiger partial charge < -0.3 is 25.2 Å². The van der Waals surface area contributed by atoms with Crippen LogP contribution < -0.4 is 15.4 Å². The van der Waals surface area contributed by atoms with Crippen molar-refractivity contribution in [1.82, 2.24) is 20.3 Å². The van der Waals surface area contributed by atoms with Crippen molar-refractivity contribution in [3.8, 4) is 17.1 Å². The average Bonchev–Trinajstić information content (AvgIpc) is 3.46. The molecular formula is C34H33ClF3N5O4S. The van der Waals surface area contributed by atoms with Crippen LogP contribution in [0.1, 0.15) is 56.1 Å². The van der Waals surface area contributed by atoms with Crippen LogP contribution in [0.5, 0.6) is 5.75 Å². The fraction of sp³-hybridized carbons (Fsp3) is 0.294. The molecule has 0 spiro atoms. The maximum absolute atomic E-state index is 13.6. The summed E-state index contributed by atoms with van der Waals surface area (Å²) in [6.07, 6.45) is -2.93. The Morgan fingerprint density at radius 1 is 1.02 bits per heavy atom. The minimum Gasteiger partial charge on any atom is -0.497 e. The van der Waals surface area contributed by atoms with Crippen molar-refractivity contribution >= 4 is 44.9 Å². The molecular weight excluding hydrogens is 667 g/mol. The van der Waals surface area contributed by atoms with Gasteiger partial charge in [0.15, 0.2) is 5.60 Å². The highest BCUT2D eigenvalue weighted by atomic mass is 35.5. The van der Waals surface area contributed by atoms with E-state index in [1.54, 1.807) is 51.5 Å². The molecule has 9 nitrogen and oxygen atoms in total. The number of hydrogen-bond acceptors (Lipinski definition) is 9. The van der Waals surface area contributed by atoms with E-state index in [0.29, 0.717) is 46.3 Å². The van der Waals surface area contributed by atoms with E-state index in [1.165, 1.54) is 29.8 Å². The molecule has 1 aromatic carbocycles. The predicted molar refractivity (Wildman–Crippen MR) is 179 cm³/mol. The SMILES string of the molecule is COc1ccc(CNc2ccc(Cl)c(C(NC(=O)OC(C)(C)C)c3csc4c(-c5cc(C(C)(O)C(F)(F)F)ccn5)nccc34)n2)cc1. The van der Waals surface area contributed by atoms with Crippen LogP contribution in [-0.4, -0.2) is 45.0 Å². The van der Waals surface area contributed by atoms with E-state index in [1.807, 2.05) is 24.3 Å². The number of nitrogens with one attached hydrogen (secondary N) is 2. The number of carbonyl (C=O) groups is 1. The highest BCUT2D eigenvalue weighted by molar-refractivity contribution is 7.18. The summed E-state index contributed by atoms with van der Waals surface area (Å²) in [4.78, 5) is 26.6. The Hall–Kier alpha value is -4.46. The molecule has 0 aliphatic rings. The third kappa shape index (κ3) is 7.64. The second kappa shape index (κ2) is 13.6. The number of nitrogens with zero attached hydrogens (tertiary/aromatic N) is 3. The van der Waals surface area contributed by atoms with Crippen LogP contribution in [0, 0.1) is 0 Å².